The summed E-state index contributed by atoms with van der Waals surface area (Å²) in [5, 5.41) is 0. The second kappa shape index (κ2) is 3.73. The fourth-order valence-electron chi connectivity index (χ4n) is 7.46. The quantitative estimate of drug-likeness (QED) is 0.476. The molecular formula is C20H32. The van der Waals surface area contributed by atoms with Gasteiger partial charge in [-0.25, -0.2) is 0 Å². The Bertz CT molecular complexity index is 459. The van der Waals surface area contributed by atoms with Crippen LogP contribution in [0.25, 0.3) is 0 Å². The van der Waals surface area contributed by atoms with Crippen molar-refractivity contribution in [3.63, 3.8) is 0 Å². The van der Waals surface area contributed by atoms with Gasteiger partial charge in [-0.2, -0.15) is 0 Å². The van der Waals surface area contributed by atoms with E-state index in [4.69, 9.17) is 0 Å². The molecule has 0 saturated heterocycles. The van der Waals surface area contributed by atoms with Crippen LogP contribution in [0.4, 0.5) is 0 Å². The van der Waals surface area contributed by atoms with Gasteiger partial charge in [0.15, 0.2) is 0 Å². The maximum atomic E-state index is 2.69. The third kappa shape index (κ3) is 1.54. The summed E-state index contributed by atoms with van der Waals surface area (Å²) in [5.74, 6) is 1.94. The molecule has 4 rings (SSSR count). The highest BCUT2D eigenvalue weighted by Crippen LogP contribution is 2.71. The summed E-state index contributed by atoms with van der Waals surface area (Å²) in [7, 11) is 0. The second-order valence-electron chi connectivity index (χ2n) is 9.93. The van der Waals surface area contributed by atoms with Gasteiger partial charge in [0.2, 0.25) is 0 Å². The van der Waals surface area contributed by atoms with Crippen molar-refractivity contribution in [2.45, 2.75) is 79.1 Å². The van der Waals surface area contributed by atoms with Crippen LogP contribution in [-0.4, -0.2) is 0 Å². The van der Waals surface area contributed by atoms with E-state index >= 15 is 0 Å². The number of hydrogen-bond donors (Lipinski definition) is 0. The van der Waals surface area contributed by atoms with Gasteiger partial charge in [0.05, 0.1) is 0 Å². The second-order valence-corrected chi connectivity index (χ2v) is 9.93. The number of fused-ring (bicyclic) bond motifs is 3. The molecule has 0 heterocycles. The highest BCUT2D eigenvalue weighted by atomic mass is 14.7. The number of allylic oxidation sites excluding steroid dienone is 2. The third-order valence-electron chi connectivity index (χ3n) is 8.22. The molecule has 0 aromatic heterocycles. The van der Waals surface area contributed by atoms with Crippen molar-refractivity contribution >= 4 is 0 Å². The molecule has 112 valence electrons. The first-order valence-electron chi connectivity index (χ1n) is 9.00. The molecule has 20 heavy (non-hydrogen) atoms. The van der Waals surface area contributed by atoms with Crippen LogP contribution in [-0.2, 0) is 0 Å². The van der Waals surface area contributed by atoms with E-state index in [1.807, 2.05) is 0 Å². The first-order valence-corrected chi connectivity index (χ1v) is 9.00. The zero-order valence-corrected chi connectivity index (χ0v) is 14.0. The highest BCUT2D eigenvalue weighted by Gasteiger charge is 2.62. The Kier molecular flexibility index (Phi) is 2.50. The van der Waals surface area contributed by atoms with Gasteiger partial charge in [0.1, 0.15) is 0 Å². The number of rotatable bonds is 0. The highest BCUT2D eigenvalue weighted by molar-refractivity contribution is 5.25. The Hall–Kier alpha value is -0.260. The molecular weight excluding hydrogens is 240 g/mol. The molecule has 4 aliphatic rings. The van der Waals surface area contributed by atoms with E-state index in [1.54, 1.807) is 0 Å². The van der Waals surface area contributed by atoms with Gasteiger partial charge in [-0.15, -0.1) is 0 Å². The summed E-state index contributed by atoms with van der Waals surface area (Å²) in [6, 6.07) is 0. The standard InChI is InChI=1S/C20H32/c1-17(2)8-5-9-19(4)15(17)7-11-20-13-12-18(3,14-20)10-6-16(19)20/h12-13,15-16H,5-11,14H2,1-4H3/t15-,16+,18+,19-,20+/m1/s1. The lowest BCUT2D eigenvalue weighted by Crippen LogP contribution is -2.56. The van der Waals surface area contributed by atoms with E-state index in [0.717, 1.165) is 11.8 Å². The van der Waals surface area contributed by atoms with Crippen LogP contribution in [0.15, 0.2) is 12.2 Å². The summed E-state index contributed by atoms with van der Waals surface area (Å²) in [6.07, 6.45) is 17.1. The van der Waals surface area contributed by atoms with Gasteiger partial charge in [0.25, 0.3) is 0 Å². The largest absolute Gasteiger partial charge is 0.0820 e. The minimum atomic E-state index is 0.546. The van der Waals surface area contributed by atoms with E-state index in [1.165, 1.54) is 51.4 Å². The van der Waals surface area contributed by atoms with E-state index < -0.39 is 0 Å². The maximum Gasteiger partial charge on any atom is -0.00762 e. The monoisotopic (exact) mass is 272 g/mol. The van der Waals surface area contributed by atoms with E-state index in [0.29, 0.717) is 21.7 Å². The van der Waals surface area contributed by atoms with Crippen molar-refractivity contribution in [1.29, 1.82) is 0 Å². The topological polar surface area (TPSA) is 0 Å². The summed E-state index contributed by atoms with van der Waals surface area (Å²) in [6.45, 7) is 10.3. The molecule has 1 spiro atoms. The zero-order valence-electron chi connectivity index (χ0n) is 14.0. The molecule has 0 amide bonds. The molecule has 5 atom stereocenters. The van der Waals surface area contributed by atoms with Gasteiger partial charge >= 0.3 is 0 Å². The molecule has 3 saturated carbocycles. The Morgan fingerprint density at radius 3 is 2.35 bits per heavy atom. The van der Waals surface area contributed by atoms with Gasteiger partial charge in [-0.05, 0) is 78.4 Å². The Morgan fingerprint density at radius 1 is 0.800 bits per heavy atom. The SMILES string of the molecule is CC1(C)CCC[C@]2(C)[C@@H]1CC[C@@]13C=C[C@](C)(CC[C@H]12)C3. The Balaban J connectivity index is 1.75. The van der Waals surface area contributed by atoms with Crippen molar-refractivity contribution in [1.82, 2.24) is 0 Å². The minimum absolute atomic E-state index is 0.546. The Morgan fingerprint density at radius 2 is 1.55 bits per heavy atom. The van der Waals surface area contributed by atoms with Crippen molar-refractivity contribution in [2.75, 3.05) is 0 Å². The predicted octanol–water partition coefficient (Wildman–Crippen LogP) is 5.98. The van der Waals surface area contributed by atoms with Crippen molar-refractivity contribution < 1.29 is 0 Å². The summed E-state index contributed by atoms with van der Waals surface area (Å²) < 4.78 is 0. The van der Waals surface area contributed by atoms with Crippen LogP contribution in [0.5, 0.6) is 0 Å². The first-order chi connectivity index (χ1) is 9.30. The average molecular weight is 272 g/mol. The lowest BCUT2D eigenvalue weighted by Gasteiger charge is -2.64. The fraction of sp³-hybridized carbons (Fsp3) is 0.900. The molecule has 0 heteroatoms. The molecule has 0 unspecified atom stereocenters. The average Bonchev–Trinajstić information content (AvgIpc) is 2.58. The molecule has 0 aromatic rings. The molecule has 0 nitrogen and oxygen atoms in total. The molecule has 0 aliphatic heterocycles. The van der Waals surface area contributed by atoms with Gasteiger partial charge in [-0.1, -0.05) is 46.3 Å². The van der Waals surface area contributed by atoms with E-state index in [2.05, 4.69) is 39.8 Å². The van der Waals surface area contributed by atoms with Crippen LogP contribution in [0, 0.1) is 33.5 Å². The van der Waals surface area contributed by atoms with E-state index in [9.17, 15) is 0 Å². The molecule has 3 fully saturated rings. The molecule has 4 aliphatic carbocycles. The van der Waals surface area contributed by atoms with Crippen LogP contribution in [0.2, 0.25) is 0 Å². The summed E-state index contributed by atoms with van der Waals surface area (Å²) in [4.78, 5) is 0. The molecule has 0 N–H and O–H groups in total. The molecule has 2 bridgehead atoms. The van der Waals surface area contributed by atoms with Gasteiger partial charge in [0, 0.05) is 0 Å². The lowest BCUT2D eigenvalue weighted by atomic mass is 9.40. The van der Waals surface area contributed by atoms with Crippen LogP contribution in [0.1, 0.15) is 79.1 Å². The van der Waals surface area contributed by atoms with Gasteiger partial charge < -0.3 is 0 Å². The smallest absolute Gasteiger partial charge is 0.00762 e. The van der Waals surface area contributed by atoms with Crippen LogP contribution < -0.4 is 0 Å². The summed E-state index contributed by atoms with van der Waals surface area (Å²) >= 11 is 0. The fourth-order valence-corrected chi connectivity index (χ4v) is 7.46. The first kappa shape index (κ1) is 13.4. The van der Waals surface area contributed by atoms with Crippen molar-refractivity contribution in [2.24, 2.45) is 33.5 Å². The minimum Gasteiger partial charge on any atom is -0.0820 e. The Labute approximate surface area is 125 Å². The number of hydrogen-bond acceptors (Lipinski definition) is 0. The summed E-state index contributed by atoms with van der Waals surface area (Å²) in [5.41, 5.74) is 2.34. The predicted molar refractivity (Wildman–Crippen MR) is 85.5 cm³/mol. The van der Waals surface area contributed by atoms with Crippen LogP contribution in [0.3, 0.4) is 0 Å². The van der Waals surface area contributed by atoms with E-state index in [-0.39, 0.29) is 0 Å². The lowest BCUT2D eigenvalue weighted by molar-refractivity contribution is -0.139. The van der Waals surface area contributed by atoms with Gasteiger partial charge in [-0.3, -0.25) is 0 Å². The van der Waals surface area contributed by atoms with Crippen LogP contribution >= 0.6 is 0 Å². The molecule has 0 aromatic carbocycles. The third-order valence-corrected chi connectivity index (χ3v) is 8.22. The molecule has 0 radical (unpaired) electrons. The maximum absolute atomic E-state index is 2.69. The van der Waals surface area contributed by atoms with Crippen molar-refractivity contribution in [3.05, 3.63) is 12.2 Å². The zero-order chi connectivity index (χ0) is 14.2. The normalized spacial score (nSPS) is 56.2. The van der Waals surface area contributed by atoms with Crippen molar-refractivity contribution in [3.8, 4) is 0 Å².